The Labute approximate surface area is 131 Å². The van der Waals surface area contributed by atoms with E-state index in [0.717, 1.165) is 22.5 Å². The zero-order valence-corrected chi connectivity index (χ0v) is 14.7. The van der Waals surface area contributed by atoms with Crippen LogP contribution in [0.3, 0.4) is 0 Å². The molecular formula is C9H4Br3ClOS2. The lowest BCUT2D eigenvalue weighted by molar-refractivity contribution is 0.224. The molecule has 0 saturated carbocycles. The van der Waals surface area contributed by atoms with Crippen molar-refractivity contribution in [2.45, 2.75) is 6.10 Å². The minimum Gasteiger partial charge on any atom is -0.383 e. The molecule has 1 nitrogen and oxygen atoms in total. The summed E-state index contributed by atoms with van der Waals surface area (Å²) in [5.74, 6) is 0. The highest BCUT2D eigenvalue weighted by molar-refractivity contribution is 9.12. The average molecular weight is 467 g/mol. The van der Waals surface area contributed by atoms with Gasteiger partial charge in [-0.25, -0.2) is 0 Å². The number of halogens is 4. The van der Waals surface area contributed by atoms with Crippen molar-refractivity contribution in [3.63, 3.8) is 0 Å². The molecule has 0 spiro atoms. The van der Waals surface area contributed by atoms with Gasteiger partial charge in [-0.2, -0.15) is 0 Å². The van der Waals surface area contributed by atoms with E-state index in [1.165, 1.54) is 22.7 Å². The average Bonchev–Trinajstić information content (AvgIpc) is 2.70. The summed E-state index contributed by atoms with van der Waals surface area (Å²) in [4.78, 5) is 0.822. The van der Waals surface area contributed by atoms with Crippen LogP contribution in [0.25, 0.3) is 0 Å². The first-order valence-corrected chi connectivity index (χ1v) is 8.45. The van der Waals surface area contributed by atoms with Crippen LogP contribution in [0, 0.1) is 0 Å². The molecule has 86 valence electrons. The summed E-state index contributed by atoms with van der Waals surface area (Å²) in [5, 5.41) is 10.2. The molecule has 16 heavy (non-hydrogen) atoms. The highest BCUT2D eigenvalue weighted by Crippen LogP contribution is 2.42. The van der Waals surface area contributed by atoms with Gasteiger partial charge in [0.15, 0.2) is 0 Å². The van der Waals surface area contributed by atoms with Crippen molar-refractivity contribution in [3.05, 3.63) is 39.0 Å². The third-order valence-corrected chi connectivity index (χ3v) is 6.82. The Bertz CT molecular complexity index is 503. The van der Waals surface area contributed by atoms with E-state index in [0.29, 0.717) is 4.34 Å². The van der Waals surface area contributed by atoms with Crippen molar-refractivity contribution < 1.29 is 5.11 Å². The van der Waals surface area contributed by atoms with Gasteiger partial charge in [0.05, 0.1) is 7.57 Å². The number of thiophene rings is 2. The van der Waals surface area contributed by atoms with Crippen LogP contribution in [-0.2, 0) is 0 Å². The Hall–Kier alpha value is 1.09. The van der Waals surface area contributed by atoms with Crippen LogP contribution < -0.4 is 0 Å². The highest BCUT2D eigenvalue weighted by Gasteiger charge is 2.19. The zero-order valence-electron chi connectivity index (χ0n) is 7.51. The number of hydrogen-bond donors (Lipinski definition) is 1. The Morgan fingerprint density at radius 1 is 1.19 bits per heavy atom. The summed E-state index contributed by atoms with van der Waals surface area (Å²) >= 11 is 19.0. The second kappa shape index (κ2) is 5.38. The fourth-order valence-electron chi connectivity index (χ4n) is 1.19. The van der Waals surface area contributed by atoms with Crippen LogP contribution in [0.4, 0.5) is 0 Å². The Kier molecular flexibility index (Phi) is 4.55. The molecule has 0 amide bonds. The van der Waals surface area contributed by atoms with Crippen LogP contribution in [0.15, 0.2) is 24.2 Å². The van der Waals surface area contributed by atoms with E-state index in [1.807, 2.05) is 12.1 Å². The standard InChI is InChI=1S/C9H4Br3ClOS2/c10-4-2-5(15-9(4)13)7(14)3-1-6(11)16-8(3)12/h1-2,7,14H. The Balaban J connectivity index is 2.38. The Morgan fingerprint density at radius 2 is 1.88 bits per heavy atom. The van der Waals surface area contributed by atoms with E-state index in [2.05, 4.69) is 47.8 Å². The molecular weight excluding hydrogens is 463 g/mol. The molecule has 0 bridgehead atoms. The maximum Gasteiger partial charge on any atom is 0.115 e. The molecule has 0 aliphatic carbocycles. The lowest BCUT2D eigenvalue weighted by Crippen LogP contribution is -1.95. The molecule has 0 saturated heterocycles. The molecule has 0 fully saturated rings. The number of aliphatic hydroxyl groups is 1. The van der Waals surface area contributed by atoms with Crippen molar-refractivity contribution in [3.8, 4) is 0 Å². The van der Waals surface area contributed by atoms with E-state index in [9.17, 15) is 5.11 Å². The summed E-state index contributed by atoms with van der Waals surface area (Å²) < 4.78 is 3.38. The number of hydrogen-bond acceptors (Lipinski definition) is 3. The van der Waals surface area contributed by atoms with Gasteiger partial charge in [0, 0.05) is 14.9 Å². The third-order valence-electron chi connectivity index (χ3n) is 1.91. The van der Waals surface area contributed by atoms with Crippen LogP contribution in [0.1, 0.15) is 16.5 Å². The van der Waals surface area contributed by atoms with Crippen molar-refractivity contribution in [1.82, 2.24) is 0 Å². The third kappa shape index (κ3) is 2.74. The topological polar surface area (TPSA) is 20.2 Å². The van der Waals surface area contributed by atoms with Crippen molar-refractivity contribution in [2.75, 3.05) is 0 Å². The molecule has 0 aliphatic rings. The number of aliphatic hydroxyl groups excluding tert-OH is 1. The minimum atomic E-state index is -0.647. The van der Waals surface area contributed by atoms with E-state index in [1.54, 1.807) is 0 Å². The smallest absolute Gasteiger partial charge is 0.115 e. The molecule has 1 unspecified atom stereocenters. The van der Waals surface area contributed by atoms with Gasteiger partial charge in [-0.3, -0.25) is 0 Å². The molecule has 0 aliphatic heterocycles. The largest absolute Gasteiger partial charge is 0.383 e. The first-order valence-electron chi connectivity index (χ1n) is 4.06. The van der Waals surface area contributed by atoms with Crippen LogP contribution in [0.2, 0.25) is 4.34 Å². The van der Waals surface area contributed by atoms with Gasteiger partial charge in [0.25, 0.3) is 0 Å². The molecule has 1 N–H and O–H groups in total. The van der Waals surface area contributed by atoms with E-state index >= 15 is 0 Å². The SMILES string of the molecule is OC(c1cc(Br)c(Cl)s1)c1cc(Br)sc1Br. The second-order valence-corrected chi connectivity index (χ2v) is 9.24. The minimum absolute atomic E-state index is 0.647. The molecule has 2 aromatic heterocycles. The summed E-state index contributed by atoms with van der Waals surface area (Å²) in [6.07, 6.45) is -0.647. The molecule has 0 radical (unpaired) electrons. The molecule has 2 aromatic rings. The van der Waals surface area contributed by atoms with E-state index in [-0.39, 0.29) is 0 Å². The normalized spacial score (nSPS) is 13.1. The van der Waals surface area contributed by atoms with Crippen molar-refractivity contribution in [1.29, 1.82) is 0 Å². The first kappa shape index (κ1) is 13.5. The molecule has 1 atom stereocenters. The fourth-order valence-corrected chi connectivity index (χ4v) is 5.82. The van der Waals surface area contributed by atoms with Gasteiger partial charge in [0.1, 0.15) is 10.4 Å². The highest BCUT2D eigenvalue weighted by atomic mass is 79.9. The molecule has 2 heterocycles. The zero-order chi connectivity index (χ0) is 11.9. The van der Waals surface area contributed by atoms with Gasteiger partial charge in [-0.15, -0.1) is 22.7 Å². The lowest BCUT2D eigenvalue weighted by atomic mass is 10.2. The maximum atomic E-state index is 10.2. The van der Waals surface area contributed by atoms with Gasteiger partial charge in [0.2, 0.25) is 0 Å². The first-order chi connectivity index (χ1) is 7.49. The predicted molar refractivity (Wildman–Crippen MR) is 80.8 cm³/mol. The van der Waals surface area contributed by atoms with Crippen LogP contribution in [0.5, 0.6) is 0 Å². The monoisotopic (exact) mass is 464 g/mol. The van der Waals surface area contributed by atoms with Gasteiger partial charge in [-0.1, -0.05) is 11.6 Å². The molecule has 2 rings (SSSR count). The van der Waals surface area contributed by atoms with E-state index < -0.39 is 6.10 Å². The number of rotatable bonds is 2. The summed E-state index contributed by atoms with van der Waals surface area (Å²) in [7, 11) is 0. The van der Waals surface area contributed by atoms with Gasteiger partial charge >= 0.3 is 0 Å². The summed E-state index contributed by atoms with van der Waals surface area (Å²) in [6.45, 7) is 0. The maximum absolute atomic E-state index is 10.2. The Morgan fingerprint density at radius 3 is 2.31 bits per heavy atom. The van der Waals surface area contributed by atoms with Crippen molar-refractivity contribution in [2.24, 2.45) is 0 Å². The summed E-state index contributed by atoms with van der Waals surface area (Å²) in [6, 6.07) is 3.75. The summed E-state index contributed by atoms with van der Waals surface area (Å²) in [5.41, 5.74) is 0.849. The second-order valence-electron chi connectivity index (χ2n) is 2.95. The van der Waals surface area contributed by atoms with Crippen molar-refractivity contribution >= 4 is 82.1 Å². The van der Waals surface area contributed by atoms with Gasteiger partial charge < -0.3 is 5.11 Å². The predicted octanol–water partition coefficient (Wildman–Crippen LogP) is 5.83. The van der Waals surface area contributed by atoms with Crippen LogP contribution >= 0.6 is 82.1 Å². The van der Waals surface area contributed by atoms with Crippen LogP contribution in [-0.4, -0.2) is 5.11 Å². The molecule has 7 heteroatoms. The molecule has 0 aromatic carbocycles. The quantitative estimate of drug-likeness (QED) is 0.589. The fraction of sp³-hybridized carbons (Fsp3) is 0.111. The van der Waals surface area contributed by atoms with Gasteiger partial charge in [-0.05, 0) is 59.9 Å². The van der Waals surface area contributed by atoms with E-state index in [4.69, 9.17) is 11.6 Å². The lowest BCUT2D eigenvalue weighted by Gasteiger charge is -2.06.